The number of carbonyl (C=O) groups excluding carboxylic acids is 1. The number of halogens is 1. The van der Waals surface area contributed by atoms with E-state index >= 15 is 0 Å². The molecule has 0 spiro atoms. The van der Waals surface area contributed by atoms with Crippen molar-refractivity contribution in [2.24, 2.45) is 0 Å². The summed E-state index contributed by atoms with van der Waals surface area (Å²) in [6, 6.07) is 5.95. The monoisotopic (exact) mass is 267 g/mol. The van der Waals surface area contributed by atoms with Crippen molar-refractivity contribution >= 4 is 23.3 Å². The summed E-state index contributed by atoms with van der Waals surface area (Å²) in [6.07, 6.45) is 0. The van der Waals surface area contributed by atoms with Gasteiger partial charge >= 0.3 is 6.03 Å². The number of aliphatic hydroxyl groups excluding tert-OH is 1. The Kier molecular flexibility index (Phi) is 4.95. The standard InChI is InChI=1S/C12H14ClN3O2/c1-8(7-17)16(2)12(18)15-10-4-3-9(6-14)11(13)5-10/h3-5,8,17H,7H2,1-2H3,(H,15,18). The average Bonchev–Trinajstić information content (AvgIpc) is 2.37. The van der Waals surface area contributed by atoms with Gasteiger partial charge < -0.3 is 15.3 Å². The molecule has 0 heterocycles. The second kappa shape index (κ2) is 6.24. The molecular weight excluding hydrogens is 254 g/mol. The number of hydrogen-bond donors (Lipinski definition) is 2. The van der Waals surface area contributed by atoms with Crippen molar-refractivity contribution in [3.8, 4) is 6.07 Å². The van der Waals surface area contributed by atoms with Gasteiger partial charge in [-0.05, 0) is 25.1 Å². The van der Waals surface area contributed by atoms with Gasteiger partial charge in [-0.15, -0.1) is 0 Å². The molecule has 2 amide bonds. The van der Waals surface area contributed by atoms with E-state index in [4.69, 9.17) is 22.0 Å². The third kappa shape index (κ3) is 3.36. The van der Waals surface area contributed by atoms with E-state index in [1.54, 1.807) is 20.0 Å². The SMILES string of the molecule is CC(CO)N(C)C(=O)Nc1ccc(C#N)c(Cl)c1. The van der Waals surface area contributed by atoms with Gasteiger partial charge in [-0.2, -0.15) is 5.26 Å². The highest BCUT2D eigenvalue weighted by molar-refractivity contribution is 6.32. The van der Waals surface area contributed by atoms with Crippen molar-refractivity contribution in [3.05, 3.63) is 28.8 Å². The van der Waals surface area contributed by atoms with Gasteiger partial charge in [-0.1, -0.05) is 11.6 Å². The van der Waals surface area contributed by atoms with Gasteiger partial charge in [-0.25, -0.2) is 4.79 Å². The summed E-state index contributed by atoms with van der Waals surface area (Å²) < 4.78 is 0. The van der Waals surface area contributed by atoms with Crippen LogP contribution in [0.25, 0.3) is 0 Å². The predicted octanol–water partition coefficient (Wildman–Crippen LogP) is 2.06. The number of anilines is 1. The maximum Gasteiger partial charge on any atom is 0.321 e. The summed E-state index contributed by atoms with van der Waals surface area (Å²) in [6.45, 7) is 1.61. The molecule has 0 aromatic heterocycles. The lowest BCUT2D eigenvalue weighted by molar-refractivity contribution is 0.166. The topological polar surface area (TPSA) is 76.4 Å². The van der Waals surface area contributed by atoms with Crippen LogP contribution in [0.1, 0.15) is 12.5 Å². The highest BCUT2D eigenvalue weighted by Gasteiger charge is 2.15. The molecule has 96 valence electrons. The lowest BCUT2D eigenvalue weighted by Crippen LogP contribution is -2.40. The Bertz CT molecular complexity index is 485. The molecule has 0 aliphatic heterocycles. The predicted molar refractivity (Wildman–Crippen MR) is 69.5 cm³/mol. The zero-order valence-electron chi connectivity index (χ0n) is 10.1. The third-order valence-electron chi connectivity index (χ3n) is 2.59. The molecule has 5 nitrogen and oxygen atoms in total. The minimum absolute atomic E-state index is 0.113. The quantitative estimate of drug-likeness (QED) is 0.880. The van der Waals surface area contributed by atoms with E-state index < -0.39 is 0 Å². The van der Waals surface area contributed by atoms with E-state index in [9.17, 15) is 4.79 Å². The molecule has 6 heteroatoms. The Morgan fingerprint density at radius 2 is 2.33 bits per heavy atom. The van der Waals surface area contributed by atoms with Crippen molar-refractivity contribution in [2.75, 3.05) is 19.0 Å². The first kappa shape index (κ1) is 14.3. The van der Waals surface area contributed by atoms with E-state index in [1.165, 1.54) is 17.0 Å². The number of aliphatic hydroxyl groups is 1. The number of nitriles is 1. The molecule has 0 aliphatic rings. The van der Waals surface area contributed by atoms with Gasteiger partial charge in [0.15, 0.2) is 0 Å². The van der Waals surface area contributed by atoms with E-state index in [-0.39, 0.29) is 23.7 Å². The number of nitrogens with zero attached hydrogens (tertiary/aromatic N) is 2. The van der Waals surface area contributed by atoms with Gasteiger partial charge in [-0.3, -0.25) is 0 Å². The van der Waals surface area contributed by atoms with Crippen molar-refractivity contribution in [1.29, 1.82) is 5.26 Å². The first-order valence-electron chi connectivity index (χ1n) is 5.34. The fourth-order valence-corrected chi connectivity index (χ4v) is 1.44. The molecule has 18 heavy (non-hydrogen) atoms. The van der Waals surface area contributed by atoms with Gasteiger partial charge in [0.1, 0.15) is 6.07 Å². The lowest BCUT2D eigenvalue weighted by atomic mass is 10.2. The second-order valence-electron chi connectivity index (χ2n) is 3.88. The molecule has 0 saturated carbocycles. The number of likely N-dealkylation sites (N-methyl/N-ethyl adjacent to an activating group) is 1. The molecule has 1 rings (SSSR count). The van der Waals surface area contributed by atoms with Crippen molar-refractivity contribution in [1.82, 2.24) is 4.90 Å². The lowest BCUT2D eigenvalue weighted by Gasteiger charge is -2.23. The molecule has 0 fully saturated rings. The molecular formula is C12H14ClN3O2. The second-order valence-corrected chi connectivity index (χ2v) is 4.29. The molecule has 1 unspecified atom stereocenters. The summed E-state index contributed by atoms with van der Waals surface area (Å²) in [4.78, 5) is 13.2. The normalized spacial score (nSPS) is 11.5. The van der Waals surface area contributed by atoms with Crippen LogP contribution in [-0.2, 0) is 0 Å². The fraction of sp³-hybridized carbons (Fsp3) is 0.333. The maximum atomic E-state index is 11.8. The molecule has 1 aromatic carbocycles. The highest BCUT2D eigenvalue weighted by atomic mass is 35.5. The minimum Gasteiger partial charge on any atom is -0.394 e. The number of nitrogens with one attached hydrogen (secondary N) is 1. The number of hydrogen-bond acceptors (Lipinski definition) is 3. The van der Waals surface area contributed by atoms with Crippen LogP contribution in [0.2, 0.25) is 5.02 Å². The van der Waals surface area contributed by atoms with E-state index in [0.29, 0.717) is 11.3 Å². The Labute approximate surface area is 111 Å². The molecule has 2 N–H and O–H groups in total. The average molecular weight is 268 g/mol. The highest BCUT2D eigenvalue weighted by Crippen LogP contribution is 2.20. The maximum absolute atomic E-state index is 11.8. The van der Waals surface area contributed by atoms with Crippen LogP contribution in [0.15, 0.2) is 18.2 Å². The minimum atomic E-state index is -0.350. The van der Waals surface area contributed by atoms with Crippen LogP contribution in [0.4, 0.5) is 10.5 Å². The van der Waals surface area contributed by atoms with E-state index in [1.807, 2.05) is 6.07 Å². The first-order valence-corrected chi connectivity index (χ1v) is 5.71. The largest absolute Gasteiger partial charge is 0.394 e. The van der Waals surface area contributed by atoms with Gasteiger partial charge in [0, 0.05) is 12.7 Å². The van der Waals surface area contributed by atoms with Gasteiger partial charge in [0.05, 0.1) is 23.2 Å². The summed E-state index contributed by atoms with van der Waals surface area (Å²) in [5.41, 5.74) is 0.854. The van der Waals surface area contributed by atoms with Crippen LogP contribution in [0.3, 0.4) is 0 Å². The van der Waals surface area contributed by atoms with Crippen LogP contribution in [-0.4, -0.2) is 35.7 Å². The zero-order valence-corrected chi connectivity index (χ0v) is 10.9. The molecule has 0 bridgehead atoms. The fourth-order valence-electron chi connectivity index (χ4n) is 1.22. The summed E-state index contributed by atoms with van der Waals surface area (Å²) >= 11 is 5.85. The molecule has 1 aromatic rings. The van der Waals surface area contributed by atoms with Gasteiger partial charge in [0.2, 0.25) is 0 Å². The van der Waals surface area contributed by atoms with Crippen molar-refractivity contribution < 1.29 is 9.90 Å². The molecule has 0 radical (unpaired) electrons. The Hall–Kier alpha value is -1.77. The van der Waals surface area contributed by atoms with Crippen molar-refractivity contribution in [3.63, 3.8) is 0 Å². The molecule has 1 atom stereocenters. The summed E-state index contributed by atoms with van der Waals surface area (Å²) in [5.74, 6) is 0. The van der Waals surface area contributed by atoms with Gasteiger partial charge in [0.25, 0.3) is 0 Å². The van der Waals surface area contributed by atoms with E-state index in [2.05, 4.69) is 5.32 Å². The molecule has 0 aliphatic carbocycles. The number of benzene rings is 1. The van der Waals surface area contributed by atoms with Crippen LogP contribution in [0.5, 0.6) is 0 Å². The smallest absolute Gasteiger partial charge is 0.321 e. The molecule has 0 saturated heterocycles. The Morgan fingerprint density at radius 3 is 2.83 bits per heavy atom. The number of rotatable bonds is 3. The van der Waals surface area contributed by atoms with Crippen LogP contribution < -0.4 is 5.32 Å². The Balaban J connectivity index is 2.77. The summed E-state index contributed by atoms with van der Waals surface area (Å²) in [7, 11) is 1.58. The third-order valence-corrected chi connectivity index (χ3v) is 2.90. The number of urea groups is 1. The number of carbonyl (C=O) groups is 1. The first-order chi connectivity index (χ1) is 8.49. The zero-order chi connectivity index (χ0) is 13.7. The van der Waals surface area contributed by atoms with Crippen LogP contribution in [0, 0.1) is 11.3 Å². The Morgan fingerprint density at radius 1 is 1.67 bits per heavy atom. The number of amides is 2. The summed E-state index contributed by atoms with van der Waals surface area (Å²) in [5, 5.41) is 20.6. The van der Waals surface area contributed by atoms with Crippen molar-refractivity contribution in [2.45, 2.75) is 13.0 Å². The van der Waals surface area contributed by atoms with E-state index in [0.717, 1.165) is 0 Å². The van der Waals surface area contributed by atoms with Crippen LogP contribution >= 0.6 is 11.6 Å².